The van der Waals surface area contributed by atoms with Gasteiger partial charge in [-0.05, 0) is 55.9 Å². The fraction of sp³-hybridized carbons (Fsp3) is 0.391. The van der Waals surface area contributed by atoms with Crippen LogP contribution in [0.2, 0.25) is 0 Å². The zero-order valence-corrected chi connectivity index (χ0v) is 19.5. The van der Waals surface area contributed by atoms with Gasteiger partial charge in [0.05, 0.1) is 16.8 Å². The maximum Gasteiger partial charge on any atom is 0.263 e. The number of benzene rings is 1. The van der Waals surface area contributed by atoms with E-state index >= 15 is 0 Å². The van der Waals surface area contributed by atoms with Crippen LogP contribution in [0.25, 0.3) is 10.2 Å². The summed E-state index contributed by atoms with van der Waals surface area (Å²) in [5.74, 6) is 0.982. The topological polar surface area (TPSA) is 90.3 Å². The van der Waals surface area contributed by atoms with Crippen molar-refractivity contribution in [3.63, 3.8) is 0 Å². The molecule has 166 valence electrons. The number of hydrogen-bond donors (Lipinski definition) is 1. The zero-order chi connectivity index (χ0) is 22.4. The Morgan fingerprint density at radius 3 is 3.03 bits per heavy atom. The highest BCUT2D eigenvalue weighted by Gasteiger charge is 2.25. The Morgan fingerprint density at radius 2 is 2.22 bits per heavy atom. The second-order valence-corrected chi connectivity index (χ2v) is 10.3. The minimum absolute atomic E-state index is 0.00635. The van der Waals surface area contributed by atoms with E-state index in [1.807, 2.05) is 6.92 Å². The van der Waals surface area contributed by atoms with Crippen molar-refractivity contribution in [3.8, 4) is 5.75 Å². The van der Waals surface area contributed by atoms with Crippen LogP contribution in [0.5, 0.6) is 5.75 Å². The summed E-state index contributed by atoms with van der Waals surface area (Å²) in [6.07, 6.45) is 3.03. The van der Waals surface area contributed by atoms with Crippen LogP contribution in [0, 0.1) is 5.92 Å². The van der Waals surface area contributed by atoms with Gasteiger partial charge in [0.2, 0.25) is 0 Å². The third kappa shape index (κ3) is 3.73. The van der Waals surface area contributed by atoms with E-state index in [2.05, 4.69) is 12.2 Å². The summed E-state index contributed by atoms with van der Waals surface area (Å²) >= 11 is 2.90. The molecule has 0 radical (unpaired) electrons. The average Bonchev–Trinajstić information content (AvgIpc) is 3.14. The first kappa shape index (κ1) is 21.2. The molecule has 32 heavy (non-hydrogen) atoms. The molecular weight excluding hydrogens is 446 g/mol. The molecule has 0 bridgehead atoms. The average molecular weight is 470 g/mol. The summed E-state index contributed by atoms with van der Waals surface area (Å²) in [4.78, 5) is 44.5. The van der Waals surface area contributed by atoms with E-state index in [1.54, 1.807) is 34.1 Å². The molecule has 0 saturated heterocycles. The van der Waals surface area contributed by atoms with Crippen molar-refractivity contribution >= 4 is 50.7 Å². The lowest BCUT2D eigenvalue weighted by atomic mass is 9.89. The van der Waals surface area contributed by atoms with Gasteiger partial charge in [0.25, 0.3) is 11.5 Å². The SMILES string of the molecule is CCn1c(SCC(=O)c2ccc3c(c2)NC(=O)CO3)nc2sc3c(c2c1=O)CCC(C)C3. The number of nitrogens with one attached hydrogen (secondary N) is 1. The number of hydrogen-bond acceptors (Lipinski definition) is 7. The molecule has 0 saturated carbocycles. The van der Waals surface area contributed by atoms with E-state index in [-0.39, 0.29) is 29.6 Å². The molecule has 1 aliphatic heterocycles. The molecule has 1 atom stereocenters. The Balaban J connectivity index is 1.42. The number of rotatable bonds is 5. The maximum atomic E-state index is 13.3. The number of aromatic nitrogens is 2. The molecular formula is C23H23N3O4S2. The van der Waals surface area contributed by atoms with Gasteiger partial charge in [-0.3, -0.25) is 19.0 Å². The Labute approximate surface area is 193 Å². The summed E-state index contributed by atoms with van der Waals surface area (Å²) in [5.41, 5.74) is 2.15. The van der Waals surface area contributed by atoms with E-state index < -0.39 is 0 Å². The molecule has 5 rings (SSSR count). The standard InChI is InChI=1S/C23H23N3O4S2/c1-3-26-22(29)20-14-6-4-12(2)8-18(14)32-21(20)25-23(26)31-11-16(27)13-5-7-17-15(9-13)24-19(28)10-30-17/h5,7,9,12H,3-4,6,8,10-11H2,1-2H3,(H,24,28). The molecule has 1 aliphatic carbocycles. The lowest BCUT2D eigenvalue weighted by molar-refractivity contribution is -0.118. The molecule has 3 heterocycles. The minimum atomic E-state index is -0.242. The molecule has 0 fully saturated rings. The monoisotopic (exact) mass is 469 g/mol. The van der Waals surface area contributed by atoms with E-state index in [0.29, 0.717) is 34.6 Å². The number of Topliss-reactive ketones (excluding diaryl/α,β-unsaturated/α-hetero) is 1. The second kappa shape index (κ2) is 8.37. The predicted molar refractivity (Wildman–Crippen MR) is 126 cm³/mol. The van der Waals surface area contributed by atoms with E-state index in [9.17, 15) is 14.4 Å². The number of amides is 1. The molecule has 7 nitrogen and oxygen atoms in total. The van der Waals surface area contributed by atoms with Crippen molar-refractivity contribution in [1.29, 1.82) is 0 Å². The second-order valence-electron chi connectivity index (χ2n) is 8.24. The third-order valence-electron chi connectivity index (χ3n) is 5.96. The first-order valence-electron chi connectivity index (χ1n) is 10.7. The Bertz CT molecular complexity index is 1310. The molecule has 1 unspecified atom stereocenters. The number of carbonyl (C=O) groups is 2. The first-order chi connectivity index (χ1) is 15.4. The first-order valence-corrected chi connectivity index (χ1v) is 12.5. The molecule has 0 spiro atoms. The Morgan fingerprint density at radius 1 is 1.38 bits per heavy atom. The van der Waals surface area contributed by atoms with Crippen LogP contribution in [-0.4, -0.2) is 33.6 Å². The highest BCUT2D eigenvalue weighted by Crippen LogP contribution is 2.36. The highest BCUT2D eigenvalue weighted by molar-refractivity contribution is 7.99. The molecule has 1 aromatic carbocycles. The largest absolute Gasteiger partial charge is 0.482 e. The summed E-state index contributed by atoms with van der Waals surface area (Å²) in [5, 5.41) is 4.06. The van der Waals surface area contributed by atoms with Gasteiger partial charge in [0.1, 0.15) is 10.6 Å². The van der Waals surface area contributed by atoms with Gasteiger partial charge < -0.3 is 10.1 Å². The molecule has 9 heteroatoms. The Kier molecular flexibility index (Phi) is 5.54. The molecule has 2 aromatic heterocycles. The Hall–Kier alpha value is -2.65. The fourth-order valence-electron chi connectivity index (χ4n) is 4.26. The van der Waals surface area contributed by atoms with Crippen molar-refractivity contribution in [2.75, 3.05) is 17.7 Å². The van der Waals surface area contributed by atoms with Crippen LogP contribution in [0.3, 0.4) is 0 Å². The molecule has 3 aromatic rings. The smallest absolute Gasteiger partial charge is 0.263 e. The van der Waals surface area contributed by atoms with Crippen molar-refractivity contribution in [2.24, 2.45) is 5.92 Å². The summed E-state index contributed by atoms with van der Waals surface area (Å²) < 4.78 is 7.02. The highest BCUT2D eigenvalue weighted by atomic mass is 32.2. The van der Waals surface area contributed by atoms with Crippen LogP contribution < -0.4 is 15.6 Å². The minimum Gasteiger partial charge on any atom is -0.482 e. The number of aryl methyl sites for hydroxylation is 1. The summed E-state index contributed by atoms with van der Waals surface area (Å²) in [6, 6.07) is 5.01. The molecule has 1 N–H and O–H groups in total. The summed E-state index contributed by atoms with van der Waals surface area (Å²) in [6.45, 7) is 4.65. The van der Waals surface area contributed by atoms with Crippen molar-refractivity contribution in [1.82, 2.24) is 9.55 Å². The number of nitrogens with zero attached hydrogens (tertiary/aromatic N) is 2. The third-order valence-corrected chi connectivity index (χ3v) is 8.09. The lowest BCUT2D eigenvalue weighted by Crippen LogP contribution is -2.25. The normalized spacial score (nSPS) is 17.4. The van der Waals surface area contributed by atoms with Crippen LogP contribution >= 0.6 is 23.1 Å². The zero-order valence-electron chi connectivity index (χ0n) is 17.9. The predicted octanol–water partition coefficient (Wildman–Crippen LogP) is 3.91. The van der Waals surface area contributed by atoms with Gasteiger partial charge in [-0.1, -0.05) is 18.7 Å². The summed E-state index contributed by atoms with van der Waals surface area (Å²) in [7, 11) is 0. The van der Waals surface area contributed by atoms with Gasteiger partial charge in [0, 0.05) is 17.0 Å². The number of thioether (sulfide) groups is 1. The number of fused-ring (bicyclic) bond motifs is 4. The van der Waals surface area contributed by atoms with Gasteiger partial charge in [-0.2, -0.15) is 0 Å². The molecule has 1 amide bonds. The quantitative estimate of drug-likeness (QED) is 0.346. The number of anilines is 1. The van der Waals surface area contributed by atoms with E-state index in [0.717, 1.165) is 29.5 Å². The van der Waals surface area contributed by atoms with Crippen molar-refractivity contribution < 1.29 is 14.3 Å². The van der Waals surface area contributed by atoms with Gasteiger partial charge >= 0.3 is 0 Å². The van der Waals surface area contributed by atoms with Gasteiger partial charge in [-0.25, -0.2) is 4.98 Å². The van der Waals surface area contributed by atoms with Crippen LogP contribution in [0.4, 0.5) is 5.69 Å². The number of carbonyl (C=O) groups excluding carboxylic acids is 2. The molecule has 2 aliphatic rings. The van der Waals surface area contributed by atoms with Crippen LogP contribution in [0.1, 0.15) is 41.1 Å². The van der Waals surface area contributed by atoms with Gasteiger partial charge in [-0.15, -0.1) is 11.3 Å². The fourth-order valence-corrected chi connectivity index (χ4v) is 6.65. The maximum absolute atomic E-state index is 13.3. The van der Waals surface area contributed by atoms with Gasteiger partial charge in [0.15, 0.2) is 17.5 Å². The number of ketones is 1. The van der Waals surface area contributed by atoms with E-state index in [4.69, 9.17) is 9.72 Å². The van der Waals surface area contributed by atoms with E-state index in [1.165, 1.54) is 22.2 Å². The van der Waals surface area contributed by atoms with Crippen LogP contribution in [-0.2, 0) is 24.2 Å². The van der Waals surface area contributed by atoms with Crippen molar-refractivity contribution in [2.45, 2.75) is 44.8 Å². The lowest BCUT2D eigenvalue weighted by Gasteiger charge is -2.18. The van der Waals surface area contributed by atoms with Crippen LogP contribution in [0.15, 0.2) is 28.2 Å². The number of thiophene rings is 1. The number of ether oxygens (including phenoxy) is 1. The van der Waals surface area contributed by atoms with Crippen molar-refractivity contribution in [3.05, 3.63) is 44.6 Å².